The predicted octanol–water partition coefficient (Wildman–Crippen LogP) is 1.90. The van der Waals surface area contributed by atoms with Crippen LogP contribution in [-0.2, 0) is 0 Å². The SMILES string of the molecule is N#Cc1cnn2cc(C3=CC4CCCC(C3)N4)cnc12. The lowest BCUT2D eigenvalue weighted by molar-refractivity contribution is 0.348. The lowest BCUT2D eigenvalue weighted by Crippen LogP contribution is -2.44. The van der Waals surface area contributed by atoms with Crippen molar-refractivity contribution >= 4 is 11.2 Å². The third kappa shape index (κ3) is 1.81. The Hall–Kier alpha value is -2.19. The molecular formula is C15H15N5. The third-order valence-corrected chi connectivity index (χ3v) is 4.23. The van der Waals surface area contributed by atoms with E-state index in [-0.39, 0.29) is 0 Å². The largest absolute Gasteiger partial charge is 0.307 e. The third-order valence-electron chi connectivity index (χ3n) is 4.23. The predicted molar refractivity (Wildman–Crippen MR) is 74.9 cm³/mol. The maximum atomic E-state index is 8.99. The second-order valence-electron chi connectivity index (χ2n) is 5.58. The Morgan fingerprint density at radius 1 is 1.35 bits per heavy atom. The molecule has 1 saturated heterocycles. The highest BCUT2D eigenvalue weighted by Gasteiger charge is 2.26. The van der Waals surface area contributed by atoms with Gasteiger partial charge in [0.25, 0.3) is 0 Å². The number of nitrogens with zero attached hydrogens (tertiary/aromatic N) is 4. The molecule has 2 aromatic heterocycles. The molecule has 0 radical (unpaired) electrons. The summed E-state index contributed by atoms with van der Waals surface area (Å²) in [6, 6.07) is 3.21. The molecule has 0 amide bonds. The molecule has 2 aliphatic heterocycles. The summed E-state index contributed by atoms with van der Waals surface area (Å²) in [4.78, 5) is 4.40. The normalized spacial score (nSPS) is 25.2. The number of fused-ring (bicyclic) bond motifs is 3. The molecule has 4 rings (SSSR count). The first-order valence-corrected chi connectivity index (χ1v) is 7.04. The summed E-state index contributed by atoms with van der Waals surface area (Å²) in [5.74, 6) is 0. The van der Waals surface area contributed by atoms with Gasteiger partial charge in [-0.3, -0.25) is 0 Å². The second kappa shape index (κ2) is 4.43. The molecule has 2 aliphatic rings. The van der Waals surface area contributed by atoms with Gasteiger partial charge in [-0.05, 0) is 24.8 Å². The van der Waals surface area contributed by atoms with Gasteiger partial charge in [0, 0.05) is 30.0 Å². The molecular weight excluding hydrogens is 250 g/mol. The summed E-state index contributed by atoms with van der Waals surface area (Å²) in [7, 11) is 0. The Morgan fingerprint density at radius 2 is 2.30 bits per heavy atom. The van der Waals surface area contributed by atoms with Crippen LogP contribution in [0.1, 0.15) is 36.8 Å². The zero-order chi connectivity index (χ0) is 13.5. The van der Waals surface area contributed by atoms with Crippen molar-refractivity contribution in [3.63, 3.8) is 0 Å². The molecule has 5 nitrogen and oxygen atoms in total. The highest BCUT2D eigenvalue weighted by molar-refractivity contribution is 5.68. The number of nitriles is 1. The van der Waals surface area contributed by atoms with Crippen LogP contribution >= 0.6 is 0 Å². The summed E-state index contributed by atoms with van der Waals surface area (Å²) < 4.78 is 1.70. The molecule has 0 spiro atoms. The quantitative estimate of drug-likeness (QED) is 0.855. The fourth-order valence-electron chi connectivity index (χ4n) is 3.26. The Bertz CT molecular complexity index is 736. The molecule has 2 atom stereocenters. The first-order chi connectivity index (χ1) is 9.83. The van der Waals surface area contributed by atoms with Crippen molar-refractivity contribution in [2.75, 3.05) is 0 Å². The van der Waals surface area contributed by atoms with Gasteiger partial charge < -0.3 is 5.32 Å². The topological polar surface area (TPSA) is 66.0 Å². The fourth-order valence-corrected chi connectivity index (χ4v) is 3.26. The van der Waals surface area contributed by atoms with Crippen LogP contribution in [0.15, 0.2) is 24.7 Å². The summed E-state index contributed by atoms with van der Waals surface area (Å²) >= 11 is 0. The fraction of sp³-hybridized carbons (Fsp3) is 0.400. The molecule has 1 N–H and O–H groups in total. The van der Waals surface area contributed by atoms with Crippen LogP contribution in [0.3, 0.4) is 0 Å². The maximum absolute atomic E-state index is 8.99. The summed E-state index contributed by atoms with van der Waals surface area (Å²) in [5, 5.41) is 16.8. The van der Waals surface area contributed by atoms with E-state index in [4.69, 9.17) is 5.26 Å². The van der Waals surface area contributed by atoms with Gasteiger partial charge in [0.15, 0.2) is 5.65 Å². The molecule has 2 aromatic rings. The first kappa shape index (κ1) is 11.6. The van der Waals surface area contributed by atoms with Gasteiger partial charge in [-0.15, -0.1) is 0 Å². The van der Waals surface area contributed by atoms with Crippen LogP contribution in [0.5, 0.6) is 0 Å². The number of hydrogen-bond acceptors (Lipinski definition) is 4. The Balaban J connectivity index is 1.75. The minimum atomic E-state index is 0.500. The standard InChI is InChI=1S/C15H15N5/c16-6-11-8-18-20-9-12(7-17-15(11)20)10-4-13-2-1-3-14(5-10)19-13/h4,7-9,13-14,19H,1-3,5H2. The van der Waals surface area contributed by atoms with Gasteiger partial charge >= 0.3 is 0 Å². The molecule has 2 bridgehead atoms. The zero-order valence-electron chi connectivity index (χ0n) is 11.1. The number of piperidine rings is 1. The Morgan fingerprint density at radius 3 is 3.15 bits per heavy atom. The summed E-state index contributed by atoms with van der Waals surface area (Å²) in [6.45, 7) is 0. The van der Waals surface area contributed by atoms with E-state index >= 15 is 0 Å². The summed E-state index contributed by atoms with van der Waals surface area (Å²) in [5.41, 5.74) is 3.61. The van der Waals surface area contributed by atoms with E-state index in [2.05, 4.69) is 27.5 Å². The van der Waals surface area contributed by atoms with Crippen LogP contribution < -0.4 is 5.32 Å². The monoisotopic (exact) mass is 265 g/mol. The van der Waals surface area contributed by atoms with E-state index in [1.165, 1.54) is 24.8 Å². The number of rotatable bonds is 1. The number of hydrogen-bond donors (Lipinski definition) is 1. The molecule has 2 unspecified atom stereocenters. The molecule has 20 heavy (non-hydrogen) atoms. The van der Waals surface area contributed by atoms with E-state index in [1.807, 2.05) is 12.4 Å². The first-order valence-electron chi connectivity index (χ1n) is 7.04. The maximum Gasteiger partial charge on any atom is 0.172 e. The second-order valence-corrected chi connectivity index (χ2v) is 5.58. The Labute approximate surface area is 116 Å². The van der Waals surface area contributed by atoms with E-state index in [9.17, 15) is 0 Å². The van der Waals surface area contributed by atoms with Crippen LogP contribution in [0, 0.1) is 11.3 Å². The molecule has 0 saturated carbocycles. The van der Waals surface area contributed by atoms with Crippen molar-refractivity contribution in [3.8, 4) is 6.07 Å². The average Bonchev–Trinajstić information content (AvgIpc) is 2.89. The minimum absolute atomic E-state index is 0.500. The Kier molecular flexibility index (Phi) is 2.57. The van der Waals surface area contributed by atoms with Crippen LogP contribution in [0.2, 0.25) is 0 Å². The molecule has 100 valence electrons. The van der Waals surface area contributed by atoms with E-state index < -0.39 is 0 Å². The van der Waals surface area contributed by atoms with Gasteiger partial charge in [0.1, 0.15) is 11.6 Å². The number of aromatic nitrogens is 3. The molecule has 0 aliphatic carbocycles. The smallest absolute Gasteiger partial charge is 0.172 e. The van der Waals surface area contributed by atoms with Crippen LogP contribution in [-0.4, -0.2) is 26.7 Å². The van der Waals surface area contributed by atoms with Gasteiger partial charge in [-0.1, -0.05) is 12.5 Å². The average molecular weight is 265 g/mol. The van der Waals surface area contributed by atoms with Crippen LogP contribution in [0.25, 0.3) is 11.2 Å². The van der Waals surface area contributed by atoms with Crippen molar-refractivity contribution in [2.45, 2.75) is 37.8 Å². The van der Waals surface area contributed by atoms with Crippen molar-refractivity contribution in [2.24, 2.45) is 0 Å². The lowest BCUT2D eigenvalue weighted by atomic mass is 9.85. The van der Waals surface area contributed by atoms with E-state index in [1.54, 1.807) is 10.7 Å². The minimum Gasteiger partial charge on any atom is -0.307 e. The van der Waals surface area contributed by atoms with Gasteiger partial charge in [-0.2, -0.15) is 10.4 Å². The van der Waals surface area contributed by atoms with Crippen molar-refractivity contribution in [1.82, 2.24) is 19.9 Å². The molecule has 4 heterocycles. The zero-order valence-corrected chi connectivity index (χ0v) is 11.1. The van der Waals surface area contributed by atoms with Crippen LogP contribution in [0.4, 0.5) is 0 Å². The molecule has 0 aromatic carbocycles. The van der Waals surface area contributed by atoms with E-state index in [0.29, 0.717) is 23.3 Å². The number of nitrogens with one attached hydrogen (secondary N) is 1. The lowest BCUT2D eigenvalue weighted by Gasteiger charge is -2.35. The summed E-state index contributed by atoms with van der Waals surface area (Å²) in [6.07, 6.45) is 12.6. The molecule has 5 heteroatoms. The van der Waals surface area contributed by atoms with Crippen molar-refractivity contribution in [3.05, 3.63) is 35.8 Å². The van der Waals surface area contributed by atoms with Gasteiger partial charge in [0.2, 0.25) is 0 Å². The van der Waals surface area contributed by atoms with E-state index in [0.717, 1.165) is 12.0 Å². The van der Waals surface area contributed by atoms with Gasteiger partial charge in [0.05, 0.1) is 6.20 Å². The van der Waals surface area contributed by atoms with Gasteiger partial charge in [-0.25, -0.2) is 9.50 Å². The van der Waals surface area contributed by atoms with Crippen molar-refractivity contribution in [1.29, 1.82) is 5.26 Å². The molecule has 1 fully saturated rings. The highest BCUT2D eigenvalue weighted by atomic mass is 15.2. The van der Waals surface area contributed by atoms with Crippen molar-refractivity contribution < 1.29 is 0 Å². The highest BCUT2D eigenvalue weighted by Crippen LogP contribution is 2.30.